The first-order valence-corrected chi connectivity index (χ1v) is 12.4. The quantitative estimate of drug-likeness (QED) is 0.302. The number of fused-ring (bicyclic) bond motifs is 1. The number of nitrogens with one attached hydrogen (secondary N) is 1. The fraction of sp³-hybridized carbons (Fsp3) is 0.160. The summed E-state index contributed by atoms with van der Waals surface area (Å²) in [6.45, 7) is 0.331. The van der Waals surface area contributed by atoms with Crippen LogP contribution in [0.15, 0.2) is 61.3 Å². The number of carboxylic acid groups (broad SMARTS) is 1. The first kappa shape index (κ1) is 26.2. The van der Waals surface area contributed by atoms with Crippen LogP contribution in [0.1, 0.15) is 34.2 Å². The van der Waals surface area contributed by atoms with Crippen LogP contribution in [-0.2, 0) is 6.18 Å². The molecule has 12 nitrogen and oxygen atoms in total. The number of hydrogen-bond acceptors (Lipinski definition) is 7. The summed E-state index contributed by atoms with van der Waals surface area (Å²) in [5.74, 6) is -0.929. The number of nitrogens with zero attached hydrogens (tertiary/aromatic N) is 8. The predicted octanol–water partition coefficient (Wildman–Crippen LogP) is 4.75. The van der Waals surface area contributed by atoms with Gasteiger partial charge in [0.2, 0.25) is 0 Å². The van der Waals surface area contributed by atoms with E-state index in [2.05, 4.69) is 30.6 Å². The minimum absolute atomic E-state index is 0.0299. The van der Waals surface area contributed by atoms with E-state index in [4.69, 9.17) is 11.6 Å². The lowest BCUT2D eigenvalue weighted by atomic mass is 9.95. The predicted molar refractivity (Wildman–Crippen MR) is 138 cm³/mol. The van der Waals surface area contributed by atoms with Crippen molar-refractivity contribution in [1.29, 1.82) is 0 Å². The molecular formula is C25H17ClF3N9O3. The first-order valence-electron chi connectivity index (χ1n) is 12.0. The van der Waals surface area contributed by atoms with Gasteiger partial charge >= 0.3 is 12.3 Å². The number of carbonyl (C=O) groups is 2. The van der Waals surface area contributed by atoms with Crippen molar-refractivity contribution in [2.45, 2.75) is 18.6 Å². The van der Waals surface area contributed by atoms with Crippen LogP contribution >= 0.6 is 11.6 Å². The SMILES string of the molecule is O=C(Nc1cnc(-n2nccn2)c(Cl)c1)c1cnn(-c2cnc(C3CCN3C(=O)O)c3ccccc23)c1C(F)(F)F. The Kier molecular flexibility index (Phi) is 6.29. The number of benzene rings is 1. The molecule has 5 heterocycles. The van der Waals surface area contributed by atoms with Crippen LogP contribution in [0, 0.1) is 0 Å². The van der Waals surface area contributed by atoms with E-state index in [0.717, 1.165) is 11.0 Å². The number of alkyl halides is 3. The molecule has 0 radical (unpaired) electrons. The number of aromatic nitrogens is 7. The average Bonchev–Trinajstić information content (AvgIpc) is 3.59. The lowest BCUT2D eigenvalue weighted by Crippen LogP contribution is -2.44. The molecule has 2 amide bonds. The van der Waals surface area contributed by atoms with E-state index in [1.807, 2.05) is 0 Å². The number of rotatable bonds is 5. The maximum absolute atomic E-state index is 14.4. The van der Waals surface area contributed by atoms with Crippen molar-refractivity contribution in [2.75, 3.05) is 11.9 Å². The van der Waals surface area contributed by atoms with Gasteiger partial charge in [0.15, 0.2) is 11.5 Å². The zero-order chi connectivity index (χ0) is 28.9. The standard InChI is InChI=1S/C25H17ClF3N9O3/c26-17-9-13(10-31-22(17)38-32-6-7-33-38)35-23(39)16-11-34-37(21(16)25(27,28)29)19-12-30-20(15-4-2-1-3-14(15)19)18-5-8-36(18)24(40)41/h1-4,6-7,9-12,18H,5,8H2,(H,35,39)(H,40,41). The van der Waals surface area contributed by atoms with Gasteiger partial charge in [-0.2, -0.15) is 28.5 Å². The third-order valence-corrected chi connectivity index (χ3v) is 6.86. The second-order valence-electron chi connectivity index (χ2n) is 8.97. The Bertz CT molecular complexity index is 1810. The van der Waals surface area contributed by atoms with Crippen molar-refractivity contribution >= 4 is 40.1 Å². The Morgan fingerprint density at radius 2 is 1.76 bits per heavy atom. The fourth-order valence-electron chi connectivity index (χ4n) is 4.67. The summed E-state index contributed by atoms with van der Waals surface area (Å²) in [5.41, 5.74) is -1.62. The van der Waals surface area contributed by atoms with E-state index in [9.17, 15) is 27.9 Å². The first-order chi connectivity index (χ1) is 19.6. The Hall–Kier alpha value is -5.05. The molecular weight excluding hydrogens is 567 g/mol. The molecule has 16 heteroatoms. The highest BCUT2D eigenvalue weighted by atomic mass is 35.5. The van der Waals surface area contributed by atoms with Crippen molar-refractivity contribution in [1.82, 2.24) is 39.6 Å². The molecule has 6 rings (SSSR count). The van der Waals surface area contributed by atoms with Gasteiger partial charge in [0.25, 0.3) is 5.91 Å². The lowest BCUT2D eigenvalue weighted by molar-refractivity contribution is -0.143. The third-order valence-electron chi connectivity index (χ3n) is 6.58. The molecule has 1 aliphatic heterocycles. The molecule has 0 bridgehead atoms. The Morgan fingerprint density at radius 3 is 2.39 bits per heavy atom. The van der Waals surface area contributed by atoms with Crippen LogP contribution in [-0.4, -0.2) is 63.3 Å². The average molecular weight is 584 g/mol. The third kappa shape index (κ3) is 4.59. The highest BCUT2D eigenvalue weighted by Crippen LogP contribution is 2.39. The van der Waals surface area contributed by atoms with Gasteiger partial charge in [0.05, 0.1) is 64.7 Å². The number of carbonyl (C=O) groups excluding carboxylic acids is 1. The number of hydrogen-bond donors (Lipinski definition) is 2. The number of anilines is 1. The number of amides is 2. The van der Waals surface area contributed by atoms with Crippen LogP contribution in [0.5, 0.6) is 0 Å². The molecule has 0 saturated carbocycles. The molecule has 41 heavy (non-hydrogen) atoms. The van der Waals surface area contributed by atoms with Crippen LogP contribution < -0.4 is 5.32 Å². The van der Waals surface area contributed by atoms with Gasteiger partial charge < -0.3 is 10.4 Å². The van der Waals surface area contributed by atoms with Gasteiger partial charge in [-0.25, -0.2) is 14.5 Å². The van der Waals surface area contributed by atoms with E-state index >= 15 is 0 Å². The summed E-state index contributed by atoms with van der Waals surface area (Å²) < 4.78 is 43.9. The largest absolute Gasteiger partial charge is 0.465 e. The van der Waals surface area contributed by atoms with Gasteiger partial charge in [-0.05, 0) is 12.5 Å². The number of halogens is 4. The topological polar surface area (TPSA) is 144 Å². The molecule has 0 aliphatic carbocycles. The van der Waals surface area contributed by atoms with Gasteiger partial charge in [0.1, 0.15) is 0 Å². The minimum atomic E-state index is -4.98. The van der Waals surface area contributed by atoms with E-state index in [1.54, 1.807) is 24.3 Å². The van der Waals surface area contributed by atoms with Gasteiger partial charge in [-0.15, -0.1) is 4.80 Å². The monoisotopic (exact) mass is 583 g/mol. The molecule has 4 aromatic heterocycles. The molecule has 1 unspecified atom stereocenters. The summed E-state index contributed by atoms with van der Waals surface area (Å²) in [4.78, 5) is 35.4. The molecule has 0 spiro atoms. The van der Waals surface area contributed by atoms with E-state index in [-0.39, 0.29) is 22.2 Å². The molecule has 1 aromatic carbocycles. The van der Waals surface area contributed by atoms with Crippen molar-refractivity contribution in [3.05, 3.63) is 83.3 Å². The number of likely N-dealkylation sites (tertiary alicyclic amines) is 1. The van der Waals surface area contributed by atoms with Crippen LogP contribution in [0.4, 0.5) is 23.7 Å². The van der Waals surface area contributed by atoms with Crippen molar-refractivity contribution in [2.24, 2.45) is 0 Å². The zero-order valence-corrected chi connectivity index (χ0v) is 21.4. The summed E-state index contributed by atoms with van der Waals surface area (Å²) in [6, 6.07) is 7.34. The summed E-state index contributed by atoms with van der Waals surface area (Å²) >= 11 is 6.22. The van der Waals surface area contributed by atoms with Crippen molar-refractivity contribution in [3.63, 3.8) is 0 Å². The minimum Gasteiger partial charge on any atom is -0.465 e. The van der Waals surface area contributed by atoms with Gasteiger partial charge in [-0.3, -0.25) is 14.7 Å². The van der Waals surface area contributed by atoms with Crippen LogP contribution in [0.2, 0.25) is 5.02 Å². The normalized spacial score (nSPS) is 15.1. The van der Waals surface area contributed by atoms with Gasteiger partial charge in [-0.1, -0.05) is 35.9 Å². The van der Waals surface area contributed by atoms with E-state index < -0.39 is 35.5 Å². The smallest absolute Gasteiger partial charge is 0.434 e. The van der Waals surface area contributed by atoms with Gasteiger partial charge in [0, 0.05) is 17.3 Å². The summed E-state index contributed by atoms with van der Waals surface area (Å²) in [6.07, 6.45) is 0.479. The Balaban J connectivity index is 1.38. The van der Waals surface area contributed by atoms with Crippen LogP contribution in [0.3, 0.4) is 0 Å². The molecule has 1 saturated heterocycles. The number of pyridine rings is 2. The van der Waals surface area contributed by atoms with E-state index in [1.165, 1.54) is 35.8 Å². The maximum atomic E-state index is 14.4. The molecule has 1 fully saturated rings. The summed E-state index contributed by atoms with van der Waals surface area (Å²) in [7, 11) is 0. The summed E-state index contributed by atoms with van der Waals surface area (Å²) in [5, 5.41) is 24.4. The second kappa shape index (κ2) is 9.85. The molecule has 1 atom stereocenters. The maximum Gasteiger partial charge on any atom is 0.434 e. The highest BCUT2D eigenvalue weighted by Gasteiger charge is 2.41. The molecule has 1 aliphatic rings. The molecule has 2 N–H and O–H groups in total. The van der Waals surface area contributed by atoms with Crippen molar-refractivity contribution in [3.8, 4) is 11.5 Å². The van der Waals surface area contributed by atoms with Crippen LogP contribution in [0.25, 0.3) is 22.3 Å². The highest BCUT2D eigenvalue weighted by molar-refractivity contribution is 6.32. The van der Waals surface area contributed by atoms with Crippen molar-refractivity contribution < 1.29 is 27.9 Å². The molecule has 5 aromatic rings. The molecule has 208 valence electrons. The Morgan fingerprint density at radius 1 is 1.02 bits per heavy atom. The second-order valence-corrected chi connectivity index (χ2v) is 9.38. The van der Waals surface area contributed by atoms with E-state index in [0.29, 0.717) is 34.1 Å². The fourth-order valence-corrected chi connectivity index (χ4v) is 4.92. The Labute approximate surface area is 233 Å². The lowest BCUT2D eigenvalue weighted by Gasteiger charge is -2.38. The zero-order valence-electron chi connectivity index (χ0n) is 20.6.